The molecule has 0 aliphatic heterocycles. The maximum absolute atomic E-state index is 12.8. The number of nitrogens with zero attached hydrogens (tertiary/aromatic N) is 2. The fourth-order valence-electron chi connectivity index (χ4n) is 2.49. The number of fused-ring (bicyclic) bond motifs is 1. The molecule has 0 saturated heterocycles. The second-order valence-electron chi connectivity index (χ2n) is 5.37. The predicted octanol–water partition coefficient (Wildman–Crippen LogP) is 4.83. The van der Waals surface area contributed by atoms with Crippen LogP contribution in [-0.4, -0.2) is 18.0 Å². The molecule has 2 aromatic heterocycles. The molecule has 0 fully saturated rings. The van der Waals surface area contributed by atoms with Gasteiger partial charge in [-0.2, -0.15) is 5.26 Å². The first kappa shape index (κ1) is 18.1. The number of amides is 1. The topological polar surface area (TPSA) is 88.2 Å². The Morgan fingerprint density at radius 1 is 1.35 bits per heavy atom. The van der Waals surface area contributed by atoms with Crippen molar-refractivity contribution in [2.75, 3.05) is 12.4 Å². The molecule has 1 N–H and O–H groups in total. The van der Waals surface area contributed by atoms with E-state index in [1.807, 2.05) is 13.0 Å². The van der Waals surface area contributed by atoms with Gasteiger partial charge in [0.05, 0.1) is 40.0 Å². The van der Waals surface area contributed by atoms with Crippen molar-refractivity contribution in [1.29, 1.82) is 5.26 Å². The van der Waals surface area contributed by atoms with Crippen molar-refractivity contribution >= 4 is 45.8 Å². The molecule has 8 heteroatoms. The fraction of sp³-hybridized carbons (Fsp3) is 0.167. The van der Waals surface area contributed by atoms with Gasteiger partial charge in [-0.1, -0.05) is 30.1 Å². The first-order chi connectivity index (χ1) is 12.5. The van der Waals surface area contributed by atoms with Gasteiger partial charge in [-0.3, -0.25) is 4.79 Å². The summed E-state index contributed by atoms with van der Waals surface area (Å²) in [5.74, 6) is 0.544. The number of aryl methyl sites for hydroxylation is 1. The minimum Gasteiger partial charge on any atom is -0.478 e. The zero-order chi connectivity index (χ0) is 18.8. The smallest absolute Gasteiger partial charge is 0.258 e. The number of ether oxygens (including phenoxy) is 1. The molecule has 0 saturated carbocycles. The summed E-state index contributed by atoms with van der Waals surface area (Å²) in [6.45, 7) is 1.94. The van der Waals surface area contributed by atoms with Crippen LogP contribution in [0.1, 0.15) is 28.6 Å². The number of halogens is 2. The van der Waals surface area contributed by atoms with Crippen LogP contribution in [0.3, 0.4) is 0 Å². The Bertz CT molecular complexity index is 1030. The Hall–Kier alpha value is -2.75. The molecule has 0 radical (unpaired) electrons. The Labute approximate surface area is 159 Å². The summed E-state index contributed by atoms with van der Waals surface area (Å²) in [6, 6.07) is 6.58. The Morgan fingerprint density at radius 3 is 2.62 bits per heavy atom. The van der Waals surface area contributed by atoms with Crippen molar-refractivity contribution in [3.63, 3.8) is 0 Å². The van der Waals surface area contributed by atoms with Gasteiger partial charge < -0.3 is 14.5 Å². The molecule has 3 aromatic rings. The fourth-order valence-corrected chi connectivity index (χ4v) is 3.07. The maximum atomic E-state index is 12.8. The van der Waals surface area contributed by atoms with Crippen molar-refractivity contribution in [2.24, 2.45) is 0 Å². The van der Waals surface area contributed by atoms with Crippen molar-refractivity contribution < 1.29 is 13.9 Å². The monoisotopic (exact) mass is 389 g/mol. The van der Waals surface area contributed by atoms with Gasteiger partial charge in [0.15, 0.2) is 5.58 Å². The SMILES string of the molecule is CCc1cc2c(C(=O)Nc3c(Cl)cc(C#N)cc3Cl)cnc(OC)c2o1. The second kappa shape index (κ2) is 7.24. The van der Waals surface area contributed by atoms with Gasteiger partial charge in [0.25, 0.3) is 11.8 Å². The van der Waals surface area contributed by atoms with E-state index in [1.54, 1.807) is 6.07 Å². The third-order valence-corrected chi connectivity index (χ3v) is 4.37. The normalized spacial score (nSPS) is 10.6. The molecule has 1 amide bonds. The number of anilines is 1. The van der Waals surface area contributed by atoms with Crippen LogP contribution < -0.4 is 10.1 Å². The minimum absolute atomic E-state index is 0.168. The van der Waals surface area contributed by atoms with Crippen LogP contribution in [0.4, 0.5) is 5.69 Å². The predicted molar refractivity (Wildman–Crippen MR) is 99.1 cm³/mol. The van der Waals surface area contributed by atoms with Crippen LogP contribution in [-0.2, 0) is 6.42 Å². The number of pyridine rings is 1. The number of carbonyl (C=O) groups is 1. The molecule has 0 unspecified atom stereocenters. The minimum atomic E-state index is -0.456. The summed E-state index contributed by atoms with van der Waals surface area (Å²) in [5, 5.41) is 12.5. The highest BCUT2D eigenvalue weighted by atomic mass is 35.5. The number of furan rings is 1. The quantitative estimate of drug-likeness (QED) is 0.689. The van der Waals surface area contributed by atoms with E-state index in [1.165, 1.54) is 25.4 Å². The molecule has 6 nitrogen and oxygen atoms in total. The van der Waals surface area contributed by atoms with Crippen molar-refractivity contribution in [2.45, 2.75) is 13.3 Å². The van der Waals surface area contributed by atoms with Crippen LogP contribution in [0, 0.1) is 11.3 Å². The number of rotatable bonds is 4. The molecule has 132 valence electrons. The lowest BCUT2D eigenvalue weighted by Gasteiger charge is -2.10. The molecule has 1 aromatic carbocycles. The molecule has 0 atom stereocenters. The van der Waals surface area contributed by atoms with Gasteiger partial charge in [-0.05, 0) is 18.2 Å². The number of carbonyl (C=O) groups excluding carboxylic acids is 1. The van der Waals surface area contributed by atoms with Gasteiger partial charge in [-0.15, -0.1) is 0 Å². The van der Waals surface area contributed by atoms with Gasteiger partial charge >= 0.3 is 0 Å². The highest BCUT2D eigenvalue weighted by Gasteiger charge is 2.20. The molecule has 26 heavy (non-hydrogen) atoms. The number of nitriles is 1. The molecule has 0 aliphatic carbocycles. The number of nitrogens with one attached hydrogen (secondary N) is 1. The zero-order valence-corrected chi connectivity index (χ0v) is 15.4. The van der Waals surface area contributed by atoms with Gasteiger partial charge in [0, 0.05) is 18.0 Å². The van der Waals surface area contributed by atoms with E-state index in [2.05, 4.69) is 10.3 Å². The van der Waals surface area contributed by atoms with E-state index in [-0.39, 0.29) is 15.7 Å². The Morgan fingerprint density at radius 2 is 2.04 bits per heavy atom. The van der Waals surface area contributed by atoms with Gasteiger partial charge in [0.1, 0.15) is 5.76 Å². The van der Waals surface area contributed by atoms with Crippen LogP contribution >= 0.6 is 23.2 Å². The van der Waals surface area contributed by atoms with Crippen molar-refractivity contribution in [3.05, 3.63) is 51.3 Å². The van der Waals surface area contributed by atoms with Gasteiger partial charge in [0.2, 0.25) is 0 Å². The maximum Gasteiger partial charge on any atom is 0.258 e. The third-order valence-electron chi connectivity index (χ3n) is 3.77. The lowest BCUT2D eigenvalue weighted by atomic mass is 10.1. The van der Waals surface area contributed by atoms with Crippen molar-refractivity contribution in [3.8, 4) is 11.9 Å². The summed E-state index contributed by atoms with van der Waals surface area (Å²) >= 11 is 12.3. The van der Waals surface area contributed by atoms with Crippen LogP contribution in [0.25, 0.3) is 11.0 Å². The number of aromatic nitrogens is 1. The van der Waals surface area contributed by atoms with E-state index in [0.29, 0.717) is 40.2 Å². The number of methoxy groups -OCH3 is 1. The number of benzene rings is 1. The first-order valence-electron chi connectivity index (χ1n) is 7.64. The molecule has 2 heterocycles. The average Bonchev–Trinajstić information content (AvgIpc) is 3.07. The highest BCUT2D eigenvalue weighted by Crippen LogP contribution is 2.34. The summed E-state index contributed by atoms with van der Waals surface area (Å²) < 4.78 is 10.9. The Kier molecular flexibility index (Phi) is 5.03. The molecular weight excluding hydrogens is 377 g/mol. The molecule has 0 spiro atoms. The van der Waals surface area contributed by atoms with E-state index < -0.39 is 5.91 Å². The van der Waals surface area contributed by atoms with Gasteiger partial charge in [-0.25, -0.2) is 4.98 Å². The van der Waals surface area contributed by atoms with E-state index in [9.17, 15) is 4.79 Å². The summed E-state index contributed by atoms with van der Waals surface area (Å²) in [6.07, 6.45) is 2.06. The van der Waals surface area contributed by atoms with E-state index in [4.69, 9.17) is 37.6 Å². The van der Waals surface area contributed by atoms with Crippen LogP contribution in [0.5, 0.6) is 5.88 Å². The van der Waals surface area contributed by atoms with E-state index in [0.717, 1.165) is 0 Å². The highest BCUT2D eigenvalue weighted by molar-refractivity contribution is 6.40. The lowest BCUT2D eigenvalue weighted by Crippen LogP contribution is -2.13. The van der Waals surface area contributed by atoms with Crippen LogP contribution in [0.15, 0.2) is 28.8 Å². The molecule has 0 aliphatic rings. The van der Waals surface area contributed by atoms with Crippen LogP contribution in [0.2, 0.25) is 10.0 Å². The zero-order valence-electron chi connectivity index (χ0n) is 13.9. The second-order valence-corrected chi connectivity index (χ2v) is 6.19. The average molecular weight is 390 g/mol. The van der Waals surface area contributed by atoms with Crippen molar-refractivity contribution in [1.82, 2.24) is 4.98 Å². The number of hydrogen-bond acceptors (Lipinski definition) is 5. The van der Waals surface area contributed by atoms with E-state index >= 15 is 0 Å². The largest absolute Gasteiger partial charge is 0.478 e. The molecule has 0 bridgehead atoms. The Balaban J connectivity index is 2.04. The summed E-state index contributed by atoms with van der Waals surface area (Å²) in [4.78, 5) is 16.9. The molecule has 3 rings (SSSR count). The summed E-state index contributed by atoms with van der Waals surface area (Å²) in [7, 11) is 1.48. The third kappa shape index (κ3) is 3.19. The number of hydrogen-bond donors (Lipinski definition) is 1. The summed E-state index contributed by atoms with van der Waals surface area (Å²) in [5.41, 5.74) is 1.21. The standard InChI is InChI=1S/C18H13Cl2N3O3/c1-3-10-6-11-12(8-22-18(25-2)16(11)26-10)17(24)23-15-13(19)4-9(7-21)5-14(15)20/h4-6,8H,3H2,1-2H3,(H,23,24). The lowest BCUT2D eigenvalue weighted by molar-refractivity contribution is 0.102. The first-order valence-corrected chi connectivity index (χ1v) is 8.40. The molecular formula is C18H13Cl2N3O3.